The van der Waals surface area contributed by atoms with Gasteiger partial charge in [0.15, 0.2) is 12.3 Å². The molecule has 6 atom stereocenters. The van der Waals surface area contributed by atoms with Gasteiger partial charge in [-0.2, -0.15) is 0 Å². The normalized spacial score (nSPS) is 18.5. The Kier molecular flexibility index (Phi) is 17.2. The fraction of sp³-hybridized carbons (Fsp3) is 0.228. The molecule has 0 N–H and O–H groups in total. The second-order valence-electron chi connectivity index (χ2n) is 16.0. The molecule has 1 aliphatic rings. The van der Waals surface area contributed by atoms with Crippen molar-refractivity contribution in [3.63, 3.8) is 0 Å². The van der Waals surface area contributed by atoms with Gasteiger partial charge in [-0.1, -0.05) is 212 Å². The van der Waals surface area contributed by atoms with Crippen LogP contribution < -0.4 is 0 Å². The molecule has 0 unspecified atom stereocenters. The van der Waals surface area contributed by atoms with Gasteiger partial charge in [0.2, 0.25) is 0 Å². The summed E-state index contributed by atoms with van der Waals surface area (Å²) in [6.45, 7) is 1.15. The third-order valence-electron chi connectivity index (χ3n) is 11.1. The van der Waals surface area contributed by atoms with Crippen molar-refractivity contribution >= 4 is 11.7 Å². The van der Waals surface area contributed by atoms with Crippen molar-refractivity contribution in [3.05, 3.63) is 251 Å². The van der Waals surface area contributed by atoms with Gasteiger partial charge in [-0.15, -0.1) is 0 Å². The van der Waals surface area contributed by atoms with Crippen LogP contribution in [0.4, 0.5) is 0 Å². The number of hydrogen-bond donors (Lipinski definition) is 0. The summed E-state index contributed by atoms with van der Waals surface area (Å²) in [6, 6.07) is 67.9. The zero-order chi connectivity index (χ0) is 45.0. The van der Waals surface area contributed by atoms with Crippen molar-refractivity contribution in [2.45, 2.75) is 69.8 Å². The minimum Gasteiger partial charge on any atom is -0.459 e. The van der Waals surface area contributed by atoms with E-state index in [1.807, 2.05) is 212 Å². The van der Waals surface area contributed by atoms with Gasteiger partial charge in [-0.25, -0.2) is 4.79 Å². The Labute approximate surface area is 387 Å². The number of carbonyl (C=O) groups excluding carboxylic acids is 1. The summed E-state index contributed by atoms with van der Waals surface area (Å²) in [6.07, 6.45) is -3.98. The minimum absolute atomic E-state index is 0.0666. The monoisotopic (exact) mass is 881 g/mol. The molecule has 1 heterocycles. The van der Waals surface area contributed by atoms with Crippen molar-refractivity contribution in [1.82, 2.24) is 0 Å². The van der Waals surface area contributed by atoms with Crippen LogP contribution in [0, 0.1) is 0 Å². The number of rotatable bonds is 22. The predicted octanol–water partition coefficient (Wildman–Crippen LogP) is 10.4. The average molecular weight is 882 g/mol. The maximum atomic E-state index is 14.4. The van der Waals surface area contributed by atoms with Gasteiger partial charge in [-0.3, -0.25) is 4.99 Å². The van der Waals surface area contributed by atoms with E-state index in [-0.39, 0.29) is 39.6 Å². The standard InChI is InChI=1S/C57H55NO8/c59-56(64-40-47-30-16-5-17-31-47)50(58-52(48-32-18-6-19-33-48)49-34-20-7-21-35-49)41-65-57-55(63-39-46-28-14-4-15-29-46)54(62-38-45-26-12-3-13-27-45)53(61-37-44-24-10-2-11-25-44)51(66-57)42-60-36-43-22-8-1-9-23-43/h1-35,50-51,53-55,57H,36-42H2/t50-,51+,53+,54-,55+,57-/m0/s1. The first-order chi connectivity index (χ1) is 32.7. The molecule has 7 aromatic carbocycles. The van der Waals surface area contributed by atoms with E-state index in [1.165, 1.54) is 0 Å². The lowest BCUT2D eigenvalue weighted by atomic mass is 9.97. The molecule has 1 fully saturated rings. The van der Waals surface area contributed by atoms with E-state index in [0.29, 0.717) is 12.3 Å². The number of benzene rings is 7. The minimum atomic E-state index is -1.11. The van der Waals surface area contributed by atoms with Gasteiger partial charge in [-0.05, 0) is 27.8 Å². The lowest BCUT2D eigenvalue weighted by Gasteiger charge is -2.46. The number of aliphatic imine (C=N–C) groups is 1. The lowest BCUT2D eigenvalue weighted by Crippen LogP contribution is -2.62. The largest absolute Gasteiger partial charge is 0.459 e. The number of esters is 1. The van der Waals surface area contributed by atoms with E-state index in [0.717, 1.165) is 38.9 Å². The van der Waals surface area contributed by atoms with Crippen LogP contribution >= 0.6 is 0 Å². The van der Waals surface area contributed by atoms with E-state index >= 15 is 0 Å². The molecule has 1 saturated heterocycles. The molecule has 0 bridgehead atoms. The molecule has 9 nitrogen and oxygen atoms in total. The van der Waals surface area contributed by atoms with E-state index in [4.69, 9.17) is 38.2 Å². The Hall–Kier alpha value is -6.56. The molecule has 336 valence electrons. The van der Waals surface area contributed by atoms with Crippen molar-refractivity contribution in [2.24, 2.45) is 4.99 Å². The highest BCUT2D eigenvalue weighted by Gasteiger charge is 2.49. The second-order valence-corrected chi connectivity index (χ2v) is 16.0. The first-order valence-electron chi connectivity index (χ1n) is 22.4. The molecular weight excluding hydrogens is 827 g/mol. The highest BCUT2D eigenvalue weighted by molar-refractivity contribution is 6.13. The highest BCUT2D eigenvalue weighted by atomic mass is 16.7. The molecule has 1 aliphatic heterocycles. The molecule has 0 aliphatic carbocycles. The molecular formula is C57H55NO8. The average Bonchev–Trinajstić information content (AvgIpc) is 3.38. The van der Waals surface area contributed by atoms with Gasteiger partial charge in [0, 0.05) is 11.1 Å². The van der Waals surface area contributed by atoms with Crippen LogP contribution in [0.15, 0.2) is 217 Å². The van der Waals surface area contributed by atoms with Crippen molar-refractivity contribution < 1.29 is 38.0 Å². The van der Waals surface area contributed by atoms with Gasteiger partial charge >= 0.3 is 5.97 Å². The Morgan fingerprint density at radius 3 is 1.27 bits per heavy atom. The lowest BCUT2D eigenvalue weighted by molar-refractivity contribution is -0.328. The first kappa shape index (κ1) is 46.0. The van der Waals surface area contributed by atoms with Crippen molar-refractivity contribution in [3.8, 4) is 0 Å². The maximum absolute atomic E-state index is 14.4. The molecule has 0 aromatic heterocycles. The van der Waals surface area contributed by atoms with Gasteiger partial charge in [0.1, 0.15) is 31.0 Å². The maximum Gasteiger partial charge on any atom is 0.333 e. The summed E-state index contributed by atoms with van der Waals surface area (Å²) in [5.74, 6) is -0.551. The van der Waals surface area contributed by atoms with E-state index in [9.17, 15) is 4.79 Å². The van der Waals surface area contributed by atoms with Crippen LogP contribution in [0.25, 0.3) is 0 Å². The Bertz CT molecular complexity index is 2440. The molecule has 9 heteroatoms. The van der Waals surface area contributed by atoms with Gasteiger partial charge in [0.05, 0.1) is 45.4 Å². The Morgan fingerprint density at radius 2 is 0.818 bits per heavy atom. The number of ether oxygens (including phenoxy) is 7. The first-order valence-corrected chi connectivity index (χ1v) is 22.4. The molecule has 0 saturated carbocycles. The summed E-state index contributed by atoms with van der Waals surface area (Å²) >= 11 is 0. The van der Waals surface area contributed by atoms with Crippen LogP contribution in [-0.2, 0) is 71.0 Å². The van der Waals surface area contributed by atoms with E-state index < -0.39 is 42.7 Å². The van der Waals surface area contributed by atoms with Crippen LogP contribution in [0.5, 0.6) is 0 Å². The fourth-order valence-electron chi connectivity index (χ4n) is 7.71. The highest BCUT2D eigenvalue weighted by Crippen LogP contribution is 2.32. The summed E-state index contributed by atoms with van der Waals surface area (Å²) in [4.78, 5) is 19.5. The van der Waals surface area contributed by atoms with E-state index in [2.05, 4.69) is 0 Å². The summed E-state index contributed by atoms with van der Waals surface area (Å²) in [5.41, 5.74) is 7.09. The van der Waals surface area contributed by atoms with Crippen LogP contribution in [0.1, 0.15) is 38.9 Å². The van der Waals surface area contributed by atoms with Gasteiger partial charge < -0.3 is 33.2 Å². The zero-order valence-corrected chi connectivity index (χ0v) is 36.8. The summed E-state index contributed by atoms with van der Waals surface area (Å²) in [5, 5.41) is 0. The second kappa shape index (κ2) is 24.7. The SMILES string of the molecule is O=C(OCc1ccccc1)[C@H](CO[C@H]1O[C@H](COCc2ccccc2)[C@@H](OCc2ccccc2)[C@H](OCc2ccccc2)[C@H]1OCc1ccccc1)N=C(c1ccccc1)c1ccccc1. The predicted molar refractivity (Wildman–Crippen MR) is 254 cm³/mol. The number of nitrogens with zero attached hydrogens (tertiary/aromatic N) is 1. The van der Waals surface area contributed by atoms with Crippen LogP contribution in [0.2, 0.25) is 0 Å². The van der Waals surface area contributed by atoms with Crippen molar-refractivity contribution in [1.29, 1.82) is 0 Å². The Balaban J connectivity index is 1.15. The molecule has 0 amide bonds. The van der Waals surface area contributed by atoms with Crippen molar-refractivity contribution in [2.75, 3.05) is 13.2 Å². The number of carbonyl (C=O) groups is 1. The smallest absolute Gasteiger partial charge is 0.333 e. The van der Waals surface area contributed by atoms with E-state index in [1.54, 1.807) is 0 Å². The molecule has 7 aromatic rings. The number of hydrogen-bond acceptors (Lipinski definition) is 9. The third kappa shape index (κ3) is 13.5. The van der Waals surface area contributed by atoms with Gasteiger partial charge in [0.25, 0.3) is 0 Å². The van der Waals surface area contributed by atoms with Crippen LogP contribution in [-0.4, -0.2) is 61.6 Å². The Morgan fingerprint density at radius 1 is 0.439 bits per heavy atom. The molecule has 66 heavy (non-hydrogen) atoms. The fourth-order valence-corrected chi connectivity index (χ4v) is 7.71. The molecule has 0 radical (unpaired) electrons. The molecule has 8 rings (SSSR count). The topological polar surface area (TPSA) is 94.0 Å². The summed E-state index contributed by atoms with van der Waals surface area (Å²) < 4.78 is 46.8. The zero-order valence-electron chi connectivity index (χ0n) is 36.8. The summed E-state index contributed by atoms with van der Waals surface area (Å²) in [7, 11) is 0. The third-order valence-corrected chi connectivity index (χ3v) is 11.1. The van der Waals surface area contributed by atoms with Crippen LogP contribution in [0.3, 0.4) is 0 Å². The molecule has 0 spiro atoms. The quantitative estimate of drug-likeness (QED) is 0.0491.